The molecule has 0 unspecified atom stereocenters. The number of nitrogens with zero attached hydrogens (tertiary/aromatic N) is 2. The van der Waals surface area contributed by atoms with E-state index in [-0.39, 0.29) is 31.4 Å². The lowest BCUT2D eigenvalue weighted by atomic mass is 10.1. The number of hydrogen-bond donors (Lipinski definition) is 0. The molecule has 0 aliphatic carbocycles. The molecule has 2 amide bonds. The molecule has 2 aromatic carbocycles. The zero-order valence-corrected chi connectivity index (χ0v) is 15.8. The van der Waals surface area contributed by atoms with E-state index in [2.05, 4.69) is 0 Å². The van der Waals surface area contributed by atoms with E-state index in [1.54, 1.807) is 62.6 Å². The SMILES string of the molecule is CN(C)C(=O)[C@H](OC(=O)CN1C(=O)CCOc2ccccc21)c1ccccc1. The van der Waals surface area contributed by atoms with Crippen LogP contribution in [-0.4, -0.2) is 49.9 Å². The molecule has 1 atom stereocenters. The summed E-state index contributed by atoms with van der Waals surface area (Å²) >= 11 is 0. The van der Waals surface area contributed by atoms with E-state index in [9.17, 15) is 14.4 Å². The summed E-state index contributed by atoms with van der Waals surface area (Å²) in [5, 5.41) is 0. The first-order chi connectivity index (χ1) is 13.5. The molecule has 0 bridgehead atoms. The first-order valence-electron chi connectivity index (χ1n) is 8.95. The number of benzene rings is 2. The van der Waals surface area contributed by atoms with Gasteiger partial charge in [0, 0.05) is 19.7 Å². The molecule has 3 rings (SSSR count). The molecule has 0 saturated heterocycles. The molecular weight excluding hydrogens is 360 g/mol. The Morgan fingerprint density at radius 1 is 1.11 bits per heavy atom. The van der Waals surface area contributed by atoms with Crippen LogP contribution in [0.5, 0.6) is 5.75 Å². The number of likely N-dealkylation sites (N-methyl/N-ethyl adjacent to an activating group) is 1. The maximum atomic E-state index is 12.7. The molecule has 0 saturated carbocycles. The van der Waals surface area contributed by atoms with E-state index in [1.165, 1.54) is 9.80 Å². The van der Waals surface area contributed by atoms with Gasteiger partial charge in [-0.15, -0.1) is 0 Å². The third-order valence-electron chi connectivity index (χ3n) is 4.33. The average molecular weight is 382 g/mol. The molecule has 1 heterocycles. The molecule has 0 spiro atoms. The third-order valence-corrected chi connectivity index (χ3v) is 4.33. The molecule has 0 fully saturated rings. The summed E-state index contributed by atoms with van der Waals surface area (Å²) in [7, 11) is 3.19. The van der Waals surface area contributed by atoms with E-state index >= 15 is 0 Å². The van der Waals surface area contributed by atoms with Crippen LogP contribution in [0.1, 0.15) is 18.1 Å². The summed E-state index contributed by atoms with van der Waals surface area (Å²) in [6.07, 6.45) is -0.918. The first-order valence-corrected chi connectivity index (χ1v) is 8.95. The number of amides is 2. The number of carbonyl (C=O) groups is 3. The number of para-hydroxylation sites is 2. The summed E-state index contributed by atoms with van der Waals surface area (Å²) in [5.74, 6) is -0.734. The minimum atomic E-state index is -1.07. The normalized spacial score (nSPS) is 14.4. The Morgan fingerprint density at radius 3 is 2.50 bits per heavy atom. The van der Waals surface area contributed by atoms with Crippen LogP contribution in [0.3, 0.4) is 0 Å². The van der Waals surface area contributed by atoms with Gasteiger partial charge in [-0.25, -0.2) is 0 Å². The highest BCUT2D eigenvalue weighted by molar-refractivity contribution is 5.99. The summed E-state index contributed by atoms with van der Waals surface area (Å²) in [6.45, 7) is -0.0591. The molecular formula is C21H22N2O5. The van der Waals surface area contributed by atoms with Gasteiger partial charge < -0.3 is 14.4 Å². The molecule has 0 N–H and O–H groups in total. The van der Waals surface area contributed by atoms with Crippen molar-refractivity contribution < 1.29 is 23.9 Å². The Balaban J connectivity index is 1.81. The van der Waals surface area contributed by atoms with Crippen LogP contribution in [0.15, 0.2) is 54.6 Å². The maximum Gasteiger partial charge on any atom is 0.327 e. The van der Waals surface area contributed by atoms with Crippen molar-refractivity contribution in [3.63, 3.8) is 0 Å². The van der Waals surface area contributed by atoms with Gasteiger partial charge in [-0.05, 0) is 12.1 Å². The highest BCUT2D eigenvalue weighted by atomic mass is 16.5. The van der Waals surface area contributed by atoms with Gasteiger partial charge in [-0.1, -0.05) is 42.5 Å². The zero-order valence-electron chi connectivity index (χ0n) is 15.8. The lowest BCUT2D eigenvalue weighted by Gasteiger charge is -2.24. The molecule has 146 valence electrons. The second-order valence-corrected chi connectivity index (χ2v) is 6.56. The number of fused-ring (bicyclic) bond motifs is 1. The quantitative estimate of drug-likeness (QED) is 0.741. The molecule has 0 radical (unpaired) electrons. The summed E-state index contributed by atoms with van der Waals surface area (Å²) < 4.78 is 11.1. The lowest BCUT2D eigenvalue weighted by molar-refractivity contribution is -0.158. The van der Waals surface area contributed by atoms with E-state index in [4.69, 9.17) is 9.47 Å². The van der Waals surface area contributed by atoms with Gasteiger partial charge in [-0.3, -0.25) is 19.3 Å². The summed E-state index contributed by atoms with van der Waals surface area (Å²) in [5.41, 5.74) is 1.08. The van der Waals surface area contributed by atoms with Gasteiger partial charge >= 0.3 is 5.97 Å². The number of rotatable bonds is 5. The Labute approximate surface area is 163 Å². The Bertz CT molecular complexity index is 866. The molecule has 7 heteroatoms. The molecule has 28 heavy (non-hydrogen) atoms. The standard InChI is InChI=1S/C21H22N2O5/c1-22(2)21(26)20(15-8-4-3-5-9-15)28-19(25)14-23-16-10-6-7-11-17(16)27-13-12-18(23)24/h3-11,20H,12-14H2,1-2H3/t20-/m1/s1. The number of esters is 1. The highest BCUT2D eigenvalue weighted by Gasteiger charge is 2.30. The van der Waals surface area contributed by atoms with Crippen LogP contribution in [0.2, 0.25) is 0 Å². The summed E-state index contributed by atoms with van der Waals surface area (Å²) in [4.78, 5) is 40.4. The van der Waals surface area contributed by atoms with Crippen LogP contribution < -0.4 is 9.64 Å². The maximum absolute atomic E-state index is 12.7. The van der Waals surface area contributed by atoms with Crippen molar-refractivity contribution in [2.75, 3.05) is 32.1 Å². The van der Waals surface area contributed by atoms with Crippen molar-refractivity contribution in [1.29, 1.82) is 0 Å². The van der Waals surface area contributed by atoms with Crippen LogP contribution in [-0.2, 0) is 19.1 Å². The van der Waals surface area contributed by atoms with Crippen LogP contribution in [0.4, 0.5) is 5.69 Å². The fourth-order valence-corrected chi connectivity index (χ4v) is 2.91. The van der Waals surface area contributed by atoms with Gasteiger partial charge in [0.05, 0.1) is 18.7 Å². The third kappa shape index (κ3) is 4.31. The number of carbonyl (C=O) groups excluding carboxylic acids is 3. The lowest BCUT2D eigenvalue weighted by Crippen LogP contribution is -2.38. The van der Waals surface area contributed by atoms with Gasteiger partial charge in [-0.2, -0.15) is 0 Å². The average Bonchev–Trinajstić information content (AvgIpc) is 2.85. The monoisotopic (exact) mass is 382 g/mol. The molecule has 7 nitrogen and oxygen atoms in total. The second kappa shape index (κ2) is 8.56. The van der Waals surface area contributed by atoms with Crippen molar-refractivity contribution >= 4 is 23.5 Å². The molecule has 1 aliphatic heterocycles. The fraction of sp³-hybridized carbons (Fsp3) is 0.286. The van der Waals surface area contributed by atoms with Crippen LogP contribution >= 0.6 is 0 Å². The second-order valence-electron chi connectivity index (χ2n) is 6.56. The minimum Gasteiger partial charge on any atom is -0.491 e. The Hall–Kier alpha value is -3.35. The van der Waals surface area contributed by atoms with Crippen molar-refractivity contribution in [3.05, 3.63) is 60.2 Å². The van der Waals surface area contributed by atoms with Gasteiger partial charge in [0.15, 0.2) is 0 Å². The Morgan fingerprint density at radius 2 is 1.79 bits per heavy atom. The van der Waals surface area contributed by atoms with Crippen LogP contribution in [0, 0.1) is 0 Å². The Kier molecular flexibility index (Phi) is 5.93. The predicted molar refractivity (Wildman–Crippen MR) is 103 cm³/mol. The topological polar surface area (TPSA) is 76.2 Å². The largest absolute Gasteiger partial charge is 0.491 e. The van der Waals surface area contributed by atoms with E-state index in [0.717, 1.165) is 0 Å². The zero-order chi connectivity index (χ0) is 20.1. The molecule has 0 aromatic heterocycles. The van der Waals surface area contributed by atoms with Gasteiger partial charge in [0.2, 0.25) is 12.0 Å². The van der Waals surface area contributed by atoms with E-state index in [0.29, 0.717) is 17.0 Å². The minimum absolute atomic E-state index is 0.153. The summed E-state index contributed by atoms with van der Waals surface area (Å²) in [6, 6.07) is 15.8. The highest BCUT2D eigenvalue weighted by Crippen LogP contribution is 2.31. The van der Waals surface area contributed by atoms with Crippen molar-refractivity contribution in [3.8, 4) is 5.75 Å². The fourth-order valence-electron chi connectivity index (χ4n) is 2.91. The smallest absolute Gasteiger partial charge is 0.327 e. The van der Waals surface area contributed by atoms with Gasteiger partial charge in [0.1, 0.15) is 12.3 Å². The first kappa shape index (κ1) is 19.4. The van der Waals surface area contributed by atoms with E-state index in [1.807, 2.05) is 6.07 Å². The van der Waals surface area contributed by atoms with Crippen molar-refractivity contribution in [2.45, 2.75) is 12.5 Å². The number of anilines is 1. The number of hydrogen-bond acceptors (Lipinski definition) is 5. The molecule has 1 aliphatic rings. The number of ether oxygens (including phenoxy) is 2. The van der Waals surface area contributed by atoms with Gasteiger partial charge in [0.25, 0.3) is 5.91 Å². The molecule has 2 aromatic rings. The van der Waals surface area contributed by atoms with E-state index < -0.39 is 12.1 Å². The van der Waals surface area contributed by atoms with Crippen molar-refractivity contribution in [1.82, 2.24) is 4.90 Å². The van der Waals surface area contributed by atoms with Crippen LogP contribution in [0.25, 0.3) is 0 Å². The predicted octanol–water partition coefficient (Wildman–Crippen LogP) is 2.17. The van der Waals surface area contributed by atoms with Crippen molar-refractivity contribution in [2.24, 2.45) is 0 Å².